The minimum Gasteiger partial charge on any atom is -0.156 e. The van der Waals surface area contributed by atoms with E-state index in [4.69, 9.17) is 0 Å². The lowest BCUT2D eigenvalue weighted by Gasteiger charge is -1.95. The monoisotopic (exact) mass is 132 g/mol. The van der Waals surface area contributed by atoms with Crippen molar-refractivity contribution in [2.75, 3.05) is 0 Å². The SMILES string of the molecule is Cc1cc2c(nn1)CC=C2. The van der Waals surface area contributed by atoms with Crippen LogP contribution in [0.3, 0.4) is 0 Å². The van der Waals surface area contributed by atoms with E-state index in [1.807, 2.05) is 6.92 Å². The van der Waals surface area contributed by atoms with Crippen LogP contribution in [0, 0.1) is 6.92 Å². The van der Waals surface area contributed by atoms with Gasteiger partial charge in [-0.15, -0.1) is 0 Å². The number of aromatic nitrogens is 2. The van der Waals surface area contributed by atoms with Gasteiger partial charge in [-0.05, 0) is 18.6 Å². The summed E-state index contributed by atoms with van der Waals surface area (Å²) in [6.45, 7) is 1.96. The van der Waals surface area contributed by atoms with E-state index >= 15 is 0 Å². The molecule has 0 bridgehead atoms. The van der Waals surface area contributed by atoms with Gasteiger partial charge in [0, 0.05) is 6.42 Å². The van der Waals surface area contributed by atoms with Crippen LogP contribution in [-0.4, -0.2) is 10.2 Å². The van der Waals surface area contributed by atoms with E-state index in [9.17, 15) is 0 Å². The molecule has 0 saturated carbocycles. The summed E-state index contributed by atoms with van der Waals surface area (Å²) in [7, 11) is 0. The van der Waals surface area contributed by atoms with E-state index in [1.54, 1.807) is 0 Å². The van der Waals surface area contributed by atoms with Crippen LogP contribution < -0.4 is 0 Å². The molecule has 0 spiro atoms. The van der Waals surface area contributed by atoms with E-state index in [0.717, 1.165) is 17.8 Å². The third-order valence-corrected chi connectivity index (χ3v) is 1.63. The number of rotatable bonds is 0. The Morgan fingerprint density at radius 1 is 1.40 bits per heavy atom. The molecule has 1 aromatic heterocycles. The summed E-state index contributed by atoms with van der Waals surface area (Å²) in [5.74, 6) is 0. The summed E-state index contributed by atoms with van der Waals surface area (Å²) in [5, 5.41) is 8.01. The predicted octanol–water partition coefficient (Wildman–Crippen LogP) is 1.35. The summed E-state index contributed by atoms with van der Waals surface area (Å²) in [5.41, 5.74) is 3.32. The van der Waals surface area contributed by atoms with Crippen molar-refractivity contribution in [1.82, 2.24) is 10.2 Å². The third kappa shape index (κ3) is 0.727. The number of aryl methyl sites for hydroxylation is 1. The van der Waals surface area contributed by atoms with Gasteiger partial charge in [-0.25, -0.2) is 0 Å². The highest BCUT2D eigenvalue weighted by Gasteiger charge is 2.05. The highest BCUT2D eigenvalue weighted by molar-refractivity contribution is 5.57. The van der Waals surface area contributed by atoms with Gasteiger partial charge in [0.05, 0.1) is 11.4 Å². The Balaban J connectivity index is 2.60. The maximum Gasteiger partial charge on any atom is 0.0741 e. The van der Waals surface area contributed by atoms with Crippen LogP contribution >= 0.6 is 0 Å². The summed E-state index contributed by atoms with van der Waals surface area (Å²) in [6, 6.07) is 2.06. The van der Waals surface area contributed by atoms with Crippen LogP contribution in [-0.2, 0) is 6.42 Å². The Kier molecular flexibility index (Phi) is 1.07. The molecular weight excluding hydrogens is 124 g/mol. The van der Waals surface area contributed by atoms with Gasteiger partial charge < -0.3 is 0 Å². The Morgan fingerprint density at radius 2 is 2.30 bits per heavy atom. The fourth-order valence-electron chi connectivity index (χ4n) is 1.13. The first-order valence-electron chi connectivity index (χ1n) is 3.36. The van der Waals surface area contributed by atoms with Gasteiger partial charge >= 0.3 is 0 Å². The lowest BCUT2D eigenvalue weighted by Crippen LogP contribution is -1.93. The largest absolute Gasteiger partial charge is 0.156 e. The fraction of sp³-hybridized carbons (Fsp3) is 0.250. The molecule has 0 atom stereocenters. The van der Waals surface area contributed by atoms with Crippen LogP contribution in [0.1, 0.15) is 17.0 Å². The van der Waals surface area contributed by atoms with E-state index in [1.165, 1.54) is 5.56 Å². The van der Waals surface area contributed by atoms with Gasteiger partial charge in [-0.3, -0.25) is 0 Å². The number of fused-ring (bicyclic) bond motifs is 1. The Labute approximate surface area is 59.6 Å². The Bertz CT molecular complexity index is 289. The lowest BCUT2D eigenvalue weighted by atomic mass is 10.2. The molecule has 2 heteroatoms. The maximum atomic E-state index is 4.05. The highest BCUT2D eigenvalue weighted by Crippen LogP contribution is 2.15. The van der Waals surface area contributed by atoms with Gasteiger partial charge in [0.1, 0.15) is 0 Å². The number of allylic oxidation sites excluding steroid dienone is 1. The van der Waals surface area contributed by atoms with Gasteiger partial charge in [-0.1, -0.05) is 12.2 Å². The molecule has 1 aromatic rings. The minimum atomic E-state index is 0.947. The zero-order valence-electron chi connectivity index (χ0n) is 5.83. The Morgan fingerprint density at radius 3 is 3.20 bits per heavy atom. The van der Waals surface area contributed by atoms with Crippen molar-refractivity contribution in [3.63, 3.8) is 0 Å². The second-order valence-electron chi connectivity index (χ2n) is 2.49. The lowest BCUT2D eigenvalue weighted by molar-refractivity contribution is 0.921. The standard InChI is InChI=1S/C8H8N2/c1-6-5-7-3-2-4-8(7)10-9-6/h2-3,5H,4H2,1H3. The van der Waals surface area contributed by atoms with Crippen molar-refractivity contribution >= 4 is 6.08 Å². The smallest absolute Gasteiger partial charge is 0.0741 e. The predicted molar refractivity (Wildman–Crippen MR) is 39.5 cm³/mol. The van der Waals surface area contributed by atoms with Crippen molar-refractivity contribution in [3.05, 3.63) is 29.1 Å². The van der Waals surface area contributed by atoms with Crippen molar-refractivity contribution in [2.45, 2.75) is 13.3 Å². The molecule has 2 rings (SSSR count). The topological polar surface area (TPSA) is 25.8 Å². The summed E-state index contributed by atoms with van der Waals surface area (Å²) in [6.07, 6.45) is 5.15. The molecule has 1 heterocycles. The van der Waals surface area contributed by atoms with E-state index in [0.29, 0.717) is 0 Å². The zero-order chi connectivity index (χ0) is 6.97. The quantitative estimate of drug-likeness (QED) is 0.532. The molecule has 10 heavy (non-hydrogen) atoms. The van der Waals surface area contributed by atoms with Gasteiger partial charge in [0.2, 0.25) is 0 Å². The molecule has 0 saturated heterocycles. The molecule has 0 radical (unpaired) electrons. The minimum absolute atomic E-state index is 0.947. The van der Waals surface area contributed by atoms with Gasteiger partial charge in [0.25, 0.3) is 0 Å². The van der Waals surface area contributed by atoms with Crippen LogP contribution in [0.15, 0.2) is 12.1 Å². The van der Waals surface area contributed by atoms with Crippen LogP contribution in [0.4, 0.5) is 0 Å². The number of nitrogens with zero attached hydrogens (tertiary/aromatic N) is 2. The maximum absolute atomic E-state index is 4.05. The average molecular weight is 132 g/mol. The van der Waals surface area contributed by atoms with E-state index < -0.39 is 0 Å². The molecule has 50 valence electrons. The van der Waals surface area contributed by atoms with E-state index in [-0.39, 0.29) is 0 Å². The molecule has 0 fully saturated rings. The first kappa shape index (κ1) is 5.59. The van der Waals surface area contributed by atoms with Crippen LogP contribution in [0.5, 0.6) is 0 Å². The fourth-order valence-corrected chi connectivity index (χ4v) is 1.13. The zero-order valence-corrected chi connectivity index (χ0v) is 5.83. The first-order chi connectivity index (χ1) is 4.86. The van der Waals surface area contributed by atoms with Gasteiger partial charge in [0.15, 0.2) is 0 Å². The molecular formula is C8H8N2. The molecule has 0 unspecified atom stereocenters. The van der Waals surface area contributed by atoms with Crippen molar-refractivity contribution in [2.24, 2.45) is 0 Å². The van der Waals surface area contributed by atoms with Crippen molar-refractivity contribution in [1.29, 1.82) is 0 Å². The molecule has 0 amide bonds. The normalized spacial score (nSPS) is 13.7. The number of hydrogen-bond acceptors (Lipinski definition) is 2. The summed E-state index contributed by atoms with van der Waals surface area (Å²) < 4.78 is 0. The first-order valence-corrected chi connectivity index (χ1v) is 3.36. The highest BCUT2D eigenvalue weighted by atomic mass is 15.1. The van der Waals surface area contributed by atoms with Gasteiger partial charge in [-0.2, -0.15) is 10.2 Å². The average Bonchev–Trinajstić information content (AvgIpc) is 2.33. The second kappa shape index (κ2) is 1.90. The van der Waals surface area contributed by atoms with Crippen LogP contribution in [0.25, 0.3) is 6.08 Å². The molecule has 2 nitrogen and oxygen atoms in total. The van der Waals surface area contributed by atoms with Crippen molar-refractivity contribution < 1.29 is 0 Å². The molecule has 0 aliphatic heterocycles. The molecule has 1 aliphatic carbocycles. The molecule has 0 N–H and O–H groups in total. The number of hydrogen-bond donors (Lipinski definition) is 0. The summed E-state index contributed by atoms with van der Waals surface area (Å²) in [4.78, 5) is 0. The van der Waals surface area contributed by atoms with E-state index in [2.05, 4.69) is 28.4 Å². The Hall–Kier alpha value is -1.18. The molecule has 0 aromatic carbocycles. The van der Waals surface area contributed by atoms with Crippen molar-refractivity contribution in [3.8, 4) is 0 Å². The summed E-state index contributed by atoms with van der Waals surface area (Å²) >= 11 is 0. The van der Waals surface area contributed by atoms with Crippen LogP contribution in [0.2, 0.25) is 0 Å². The molecule has 1 aliphatic rings. The second-order valence-corrected chi connectivity index (χ2v) is 2.49. The third-order valence-electron chi connectivity index (χ3n) is 1.63.